The van der Waals surface area contributed by atoms with Crippen LogP contribution in [0.15, 0.2) is 18.2 Å². The second-order valence-electron chi connectivity index (χ2n) is 6.38. The van der Waals surface area contributed by atoms with Crippen LogP contribution in [0.3, 0.4) is 0 Å². The molecule has 0 aliphatic rings. The van der Waals surface area contributed by atoms with Crippen molar-refractivity contribution < 1.29 is 4.74 Å². The largest absolute Gasteiger partial charge is 0.493 e. The molecule has 0 fully saturated rings. The first-order valence-electron chi connectivity index (χ1n) is 7.92. The van der Waals surface area contributed by atoms with Crippen LogP contribution >= 0.6 is 0 Å². The standard InChI is InChI=1S/C18H31NO/c1-6-16(8-7-15(5)19)18-10-9-17(11-14(18)4)20-12-13(2)3/h9-11,13,15-16H,6-8,12,19H2,1-5H3. The highest BCUT2D eigenvalue weighted by atomic mass is 16.5. The summed E-state index contributed by atoms with van der Waals surface area (Å²) in [6, 6.07) is 6.81. The molecule has 0 aliphatic carbocycles. The molecule has 1 aromatic rings. The second-order valence-corrected chi connectivity index (χ2v) is 6.38. The first-order valence-corrected chi connectivity index (χ1v) is 7.92. The molecule has 0 amide bonds. The third-order valence-electron chi connectivity index (χ3n) is 3.73. The smallest absolute Gasteiger partial charge is 0.119 e. The van der Waals surface area contributed by atoms with E-state index < -0.39 is 0 Å². The molecular formula is C18H31NO. The topological polar surface area (TPSA) is 35.2 Å². The van der Waals surface area contributed by atoms with Crippen LogP contribution in [0.1, 0.15) is 64.0 Å². The molecule has 0 spiro atoms. The Morgan fingerprint density at radius 3 is 2.35 bits per heavy atom. The first-order chi connectivity index (χ1) is 9.43. The van der Waals surface area contributed by atoms with Gasteiger partial charge in [-0.05, 0) is 68.2 Å². The van der Waals surface area contributed by atoms with Gasteiger partial charge in [-0.2, -0.15) is 0 Å². The number of benzene rings is 1. The van der Waals surface area contributed by atoms with Gasteiger partial charge in [0.2, 0.25) is 0 Å². The SMILES string of the molecule is CCC(CCC(C)N)c1ccc(OCC(C)C)cc1C. The van der Waals surface area contributed by atoms with Gasteiger partial charge in [0.15, 0.2) is 0 Å². The average molecular weight is 277 g/mol. The summed E-state index contributed by atoms with van der Waals surface area (Å²) in [5, 5.41) is 0. The third kappa shape index (κ3) is 5.54. The van der Waals surface area contributed by atoms with E-state index in [2.05, 4.69) is 52.8 Å². The zero-order valence-electron chi connectivity index (χ0n) is 13.8. The van der Waals surface area contributed by atoms with E-state index in [0.717, 1.165) is 18.8 Å². The van der Waals surface area contributed by atoms with Gasteiger partial charge in [0.1, 0.15) is 5.75 Å². The van der Waals surface area contributed by atoms with E-state index in [1.54, 1.807) is 0 Å². The second kappa shape index (κ2) is 8.31. The molecule has 0 aromatic heterocycles. The maximum absolute atomic E-state index is 5.88. The molecule has 0 saturated heterocycles. The third-order valence-corrected chi connectivity index (χ3v) is 3.73. The van der Waals surface area contributed by atoms with Gasteiger partial charge in [0.25, 0.3) is 0 Å². The molecule has 114 valence electrons. The van der Waals surface area contributed by atoms with Crippen LogP contribution in [-0.2, 0) is 0 Å². The Bertz CT molecular complexity index is 398. The molecule has 0 heterocycles. The van der Waals surface area contributed by atoms with E-state index in [9.17, 15) is 0 Å². The molecule has 0 bridgehead atoms. The van der Waals surface area contributed by atoms with Crippen molar-refractivity contribution >= 4 is 0 Å². The maximum Gasteiger partial charge on any atom is 0.119 e. The van der Waals surface area contributed by atoms with Gasteiger partial charge in [0.05, 0.1) is 6.61 Å². The number of aryl methyl sites for hydroxylation is 1. The molecule has 2 N–H and O–H groups in total. The van der Waals surface area contributed by atoms with Crippen LogP contribution in [0.25, 0.3) is 0 Å². The number of hydrogen-bond acceptors (Lipinski definition) is 2. The lowest BCUT2D eigenvalue weighted by molar-refractivity contribution is 0.271. The molecule has 1 rings (SSSR count). The van der Waals surface area contributed by atoms with E-state index in [-0.39, 0.29) is 6.04 Å². The monoisotopic (exact) mass is 277 g/mol. The summed E-state index contributed by atoms with van der Waals surface area (Å²) >= 11 is 0. The number of rotatable bonds is 8. The van der Waals surface area contributed by atoms with Crippen molar-refractivity contribution in [1.29, 1.82) is 0 Å². The van der Waals surface area contributed by atoms with Crippen molar-refractivity contribution in [2.75, 3.05) is 6.61 Å². The van der Waals surface area contributed by atoms with Crippen LogP contribution in [0, 0.1) is 12.8 Å². The van der Waals surface area contributed by atoms with Gasteiger partial charge >= 0.3 is 0 Å². The Balaban J connectivity index is 2.74. The Morgan fingerprint density at radius 2 is 1.85 bits per heavy atom. The van der Waals surface area contributed by atoms with Gasteiger partial charge in [-0.15, -0.1) is 0 Å². The van der Waals surface area contributed by atoms with Crippen LogP contribution in [0.4, 0.5) is 0 Å². The van der Waals surface area contributed by atoms with E-state index in [1.165, 1.54) is 24.0 Å². The van der Waals surface area contributed by atoms with Crippen LogP contribution in [0.5, 0.6) is 5.75 Å². The summed E-state index contributed by atoms with van der Waals surface area (Å²) in [7, 11) is 0. The molecule has 1 aromatic carbocycles. The van der Waals surface area contributed by atoms with Gasteiger partial charge < -0.3 is 10.5 Å². The van der Waals surface area contributed by atoms with Crippen LogP contribution in [-0.4, -0.2) is 12.6 Å². The minimum Gasteiger partial charge on any atom is -0.493 e. The summed E-state index contributed by atoms with van der Waals surface area (Å²) in [5.74, 6) is 2.16. The van der Waals surface area contributed by atoms with Crippen LogP contribution < -0.4 is 10.5 Å². The summed E-state index contributed by atoms with van der Waals surface area (Å²) < 4.78 is 5.79. The lowest BCUT2D eigenvalue weighted by atomic mass is 9.88. The van der Waals surface area contributed by atoms with Crippen LogP contribution in [0.2, 0.25) is 0 Å². The summed E-state index contributed by atoms with van der Waals surface area (Å²) in [6.45, 7) is 11.6. The Kier molecular flexibility index (Phi) is 7.08. The van der Waals surface area contributed by atoms with Gasteiger partial charge in [-0.1, -0.05) is 26.8 Å². The van der Waals surface area contributed by atoms with Gasteiger partial charge in [-0.3, -0.25) is 0 Å². The number of nitrogens with two attached hydrogens (primary N) is 1. The zero-order valence-corrected chi connectivity index (χ0v) is 13.8. The molecular weight excluding hydrogens is 246 g/mol. The van der Waals surface area contributed by atoms with Crippen molar-refractivity contribution in [3.05, 3.63) is 29.3 Å². The number of hydrogen-bond donors (Lipinski definition) is 1. The molecule has 2 atom stereocenters. The highest BCUT2D eigenvalue weighted by Gasteiger charge is 2.13. The Morgan fingerprint density at radius 1 is 1.15 bits per heavy atom. The Labute approximate surface area is 124 Å². The fourth-order valence-corrected chi connectivity index (χ4v) is 2.50. The minimum atomic E-state index is 0.290. The molecule has 2 heteroatoms. The van der Waals surface area contributed by atoms with Crippen molar-refractivity contribution in [2.45, 2.75) is 65.8 Å². The van der Waals surface area contributed by atoms with E-state index in [1.807, 2.05) is 0 Å². The molecule has 0 radical (unpaired) electrons. The van der Waals surface area contributed by atoms with Gasteiger partial charge in [-0.25, -0.2) is 0 Å². The van der Waals surface area contributed by atoms with E-state index in [4.69, 9.17) is 10.5 Å². The van der Waals surface area contributed by atoms with Crippen molar-refractivity contribution in [1.82, 2.24) is 0 Å². The molecule has 2 nitrogen and oxygen atoms in total. The lowest BCUT2D eigenvalue weighted by Crippen LogP contribution is -2.16. The Hall–Kier alpha value is -1.02. The quantitative estimate of drug-likeness (QED) is 0.750. The molecule has 0 aliphatic heterocycles. The van der Waals surface area contributed by atoms with E-state index >= 15 is 0 Å². The molecule has 2 unspecified atom stereocenters. The maximum atomic E-state index is 5.88. The lowest BCUT2D eigenvalue weighted by Gasteiger charge is -2.20. The summed E-state index contributed by atoms with van der Waals surface area (Å²) in [5.41, 5.74) is 8.67. The first kappa shape index (κ1) is 17.0. The molecule has 20 heavy (non-hydrogen) atoms. The fraction of sp³-hybridized carbons (Fsp3) is 0.667. The van der Waals surface area contributed by atoms with E-state index in [0.29, 0.717) is 11.8 Å². The predicted octanol–water partition coefficient (Wildman–Crippen LogP) is 4.65. The average Bonchev–Trinajstić information content (AvgIpc) is 2.38. The number of ether oxygens (including phenoxy) is 1. The fourth-order valence-electron chi connectivity index (χ4n) is 2.50. The van der Waals surface area contributed by atoms with Gasteiger partial charge in [0, 0.05) is 6.04 Å². The summed E-state index contributed by atoms with van der Waals surface area (Å²) in [6.07, 6.45) is 3.42. The van der Waals surface area contributed by atoms with Crippen molar-refractivity contribution in [3.63, 3.8) is 0 Å². The summed E-state index contributed by atoms with van der Waals surface area (Å²) in [4.78, 5) is 0. The normalized spacial score (nSPS) is 14.3. The molecule has 0 saturated carbocycles. The van der Waals surface area contributed by atoms with Crippen molar-refractivity contribution in [2.24, 2.45) is 11.7 Å². The minimum absolute atomic E-state index is 0.290. The highest BCUT2D eigenvalue weighted by Crippen LogP contribution is 2.30. The van der Waals surface area contributed by atoms with Crippen molar-refractivity contribution in [3.8, 4) is 5.75 Å². The zero-order chi connectivity index (χ0) is 15.1. The predicted molar refractivity (Wildman–Crippen MR) is 87.4 cm³/mol. The highest BCUT2D eigenvalue weighted by molar-refractivity contribution is 5.37.